The van der Waals surface area contributed by atoms with Gasteiger partial charge in [-0.2, -0.15) is 0 Å². The molecular weight excluding hydrogens is 340 g/mol. The summed E-state index contributed by atoms with van der Waals surface area (Å²) in [5.41, 5.74) is 0.614. The van der Waals surface area contributed by atoms with E-state index in [1.165, 1.54) is 25.1 Å². The van der Waals surface area contributed by atoms with Crippen LogP contribution in [0.4, 0.5) is 0 Å². The second-order valence-corrected chi connectivity index (χ2v) is 5.81. The van der Waals surface area contributed by atoms with Crippen molar-refractivity contribution in [3.05, 3.63) is 41.5 Å². The minimum Gasteiger partial charge on any atom is -0.496 e. The Balaban J connectivity index is 2.27. The Bertz CT molecular complexity index is 936. The van der Waals surface area contributed by atoms with Crippen molar-refractivity contribution >= 4 is 46.0 Å². The standard InChI is InChI=1S/C18H16N2O4S/c1-20-17(22)13(16(21)19-18(20)25)8-12-10-6-4-5-7-11(10)14(23-2)9-15(12)24-3/h4-9H,1-3H3,(H,19,21,25)/b13-8+. The summed E-state index contributed by atoms with van der Waals surface area (Å²) < 4.78 is 10.9. The van der Waals surface area contributed by atoms with Crippen molar-refractivity contribution in [2.45, 2.75) is 0 Å². The lowest BCUT2D eigenvalue weighted by Gasteiger charge is -2.25. The van der Waals surface area contributed by atoms with Gasteiger partial charge in [-0.15, -0.1) is 0 Å². The van der Waals surface area contributed by atoms with Crippen molar-refractivity contribution in [1.29, 1.82) is 0 Å². The maximum absolute atomic E-state index is 12.5. The minimum atomic E-state index is -0.532. The van der Waals surface area contributed by atoms with Gasteiger partial charge in [-0.25, -0.2) is 0 Å². The highest BCUT2D eigenvalue weighted by Crippen LogP contribution is 2.37. The highest BCUT2D eigenvalue weighted by Gasteiger charge is 2.31. The first-order valence-electron chi connectivity index (χ1n) is 7.46. The predicted octanol–water partition coefficient (Wildman–Crippen LogP) is 2.11. The first-order valence-corrected chi connectivity index (χ1v) is 7.87. The van der Waals surface area contributed by atoms with Crippen LogP contribution in [0.1, 0.15) is 5.56 Å². The Labute approximate surface area is 150 Å². The number of carbonyl (C=O) groups excluding carboxylic acids is 2. The van der Waals surface area contributed by atoms with Gasteiger partial charge in [0.1, 0.15) is 17.1 Å². The molecular formula is C18H16N2O4S. The number of ether oxygens (including phenoxy) is 2. The maximum atomic E-state index is 12.5. The Morgan fingerprint density at radius 1 is 1.08 bits per heavy atom. The molecule has 25 heavy (non-hydrogen) atoms. The molecule has 1 aliphatic rings. The third-order valence-electron chi connectivity index (χ3n) is 4.04. The van der Waals surface area contributed by atoms with E-state index in [0.717, 1.165) is 10.8 Å². The molecule has 1 aliphatic heterocycles. The first-order chi connectivity index (χ1) is 12.0. The molecule has 2 aromatic carbocycles. The highest BCUT2D eigenvalue weighted by atomic mass is 32.1. The number of fused-ring (bicyclic) bond motifs is 1. The Kier molecular flexibility index (Phi) is 4.41. The molecule has 1 N–H and O–H groups in total. The molecule has 0 saturated carbocycles. The SMILES string of the molecule is COc1cc(OC)c2ccccc2c1/C=C1\C(=O)NC(=S)N(C)C1=O. The number of methoxy groups -OCH3 is 2. The van der Waals surface area contributed by atoms with Gasteiger partial charge in [0.2, 0.25) is 0 Å². The van der Waals surface area contributed by atoms with E-state index in [4.69, 9.17) is 21.7 Å². The molecule has 1 saturated heterocycles. The fourth-order valence-electron chi connectivity index (χ4n) is 2.72. The summed E-state index contributed by atoms with van der Waals surface area (Å²) in [7, 11) is 4.62. The minimum absolute atomic E-state index is 0.00952. The van der Waals surface area contributed by atoms with E-state index in [1.54, 1.807) is 13.2 Å². The lowest BCUT2D eigenvalue weighted by Crippen LogP contribution is -2.52. The Hall–Kier alpha value is -2.93. The molecule has 128 valence electrons. The maximum Gasteiger partial charge on any atom is 0.265 e. The first kappa shape index (κ1) is 16.9. The monoisotopic (exact) mass is 356 g/mol. The van der Waals surface area contributed by atoms with Crippen LogP contribution in [0.25, 0.3) is 16.8 Å². The van der Waals surface area contributed by atoms with Crippen LogP contribution in [-0.2, 0) is 9.59 Å². The molecule has 2 amide bonds. The number of benzene rings is 2. The van der Waals surface area contributed by atoms with Crippen LogP contribution in [0, 0.1) is 0 Å². The summed E-state index contributed by atoms with van der Waals surface area (Å²) >= 11 is 4.96. The molecule has 1 fully saturated rings. The summed E-state index contributed by atoms with van der Waals surface area (Å²) in [5.74, 6) is 0.150. The number of carbonyl (C=O) groups is 2. The van der Waals surface area contributed by atoms with Crippen LogP contribution in [0.15, 0.2) is 35.9 Å². The van der Waals surface area contributed by atoms with Crippen LogP contribution in [0.5, 0.6) is 11.5 Å². The number of nitrogens with one attached hydrogen (secondary N) is 1. The molecule has 0 unspecified atom stereocenters. The van der Waals surface area contributed by atoms with Gasteiger partial charge in [0, 0.05) is 24.1 Å². The lowest BCUT2D eigenvalue weighted by atomic mass is 9.99. The molecule has 0 aromatic heterocycles. The average molecular weight is 356 g/mol. The van der Waals surface area contributed by atoms with Crippen LogP contribution in [0.2, 0.25) is 0 Å². The topological polar surface area (TPSA) is 67.9 Å². The molecule has 0 atom stereocenters. The number of amides is 2. The Morgan fingerprint density at radius 3 is 2.36 bits per heavy atom. The predicted molar refractivity (Wildman–Crippen MR) is 98.5 cm³/mol. The molecule has 2 aromatic rings. The summed E-state index contributed by atoms with van der Waals surface area (Å²) in [4.78, 5) is 25.9. The number of hydrogen-bond donors (Lipinski definition) is 1. The normalized spacial score (nSPS) is 16.4. The molecule has 0 spiro atoms. The smallest absolute Gasteiger partial charge is 0.265 e. The fourth-order valence-corrected chi connectivity index (χ4v) is 2.89. The van der Waals surface area contributed by atoms with Gasteiger partial charge < -0.3 is 9.47 Å². The second kappa shape index (κ2) is 6.52. The van der Waals surface area contributed by atoms with E-state index in [-0.39, 0.29) is 10.7 Å². The second-order valence-electron chi connectivity index (χ2n) is 5.42. The van der Waals surface area contributed by atoms with Crippen molar-refractivity contribution in [3.8, 4) is 11.5 Å². The van der Waals surface area contributed by atoms with E-state index in [1.807, 2.05) is 24.3 Å². The summed E-state index contributed by atoms with van der Waals surface area (Å²) in [6.07, 6.45) is 1.52. The number of nitrogens with zero attached hydrogens (tertiary/aromatic N) is 1. The molecule has 0 bridgehead atoms. The van der Waals surface area contributed by atoms with Gasteiger partial charge >= 0.3 is 0 Å². The van der Waals surface area contributed by atoms with Gasteiger partial charge in [0.05, 0.1) is 14.2 Å². The number of likely N-dealkylation sites (N-methyl/N-ethyl adjacent to an activating group) is 1. The van der Waals surface area contributed by atoms with Crippen molar-refractivity contribution in [2.24, 2.45) is 0 Å². The van der Waals surface area contributed by atoms with Gasteiger partial charge in [0.25, 0.3) is 11.8 Å². The lowest BCUT2D eigenvalue weighted by molar-refractivity contribution is -0.128. The molecule has 3 rings (SSSR count). The van der Waals surface area contributed by atoms with Crippen LogP contribution in [-0.4, -0.2) is 43.1 Å². The molecule has 1 heterocycles. The van der Waals surface area contributed by atoms with Crippen molar-refractivity contribution in [3.63, 3.8) is 0 Å². The largest absolute Gasteiger partial charge is 0.496 e. The third kappa shape index (κ3) is 2.83. The molecule has 6 nitrogen and oxygen atoms in total. The number of rotatable bonds is 3. The van der Waals surface area contributed by atoms with Crippen molar-refractivity contribution < 1.29 is 19.1 Å². The van der Waals surface area contributed by atoms with E-state index in [9.17, 15) is 9.59 Å². The van der Waals surface area contributed by atoms with E-state index < -0.39 is 11.8 Å². The van der Waals surface area contributed by atoms with Gasteiger partial charge in [-0.3, -0.25) is 19.8 Å². The summed E-state index contributed by atoms with van der Waals surface area (Å²) in [6, 6.07) is 9.27. The molecule has 0 radical (unpaired) electrons. The van der Waals surface area contributed by atoms with E-state index >= 15 is 0 Å². The van der Waals surface area contributed by atoms with Crippen LogP contribution >= 0.6 is 12.2 Å². The molecule has 0 aliphatic carbocycles. The van der Waals surface area contributed by atoms with Gasteiger partial charge in [0.15, 0.2) is 5.11 Å². The molecule has 7 heteroatoms. The highest BCUT2D eigenvalue weighted by molar-refractivity contribution is 7.80. The van der Waals surface area contributed by atoms with Gasteiger partial charge in [-0.1, -0.05) is 24.3 Å². The Morgan fingerprint density at radius 2 is 1.72 bits per heavy atom. The zero-order valence-corrected chi connectivity index (χ0v) is 14.8. The zero-order valence-electron chi connectivity index (χ0n) is 14.0. The van der Waals surface area contributed by atoms with Crippen molar-refractivity contribution in [2.75, 3.05) is 21.3 Å². The average Bonchev–Trinajstić information content (AvgIpc) is 2.63. The van der Waals surface area contributed by atoms with Crippen LogP contribution < -0.4 is 14.8 Å². The van der Waals surface area contributed by atoms with Crippen molar-refractivity contribution in [1.82, 2.24) is 10.2 Å². The number of hydrogen-bond acceptors (Lipinski definition) is 5. The quantitative estimate of drug-likeness (QED) is 0.518. The van der Waals surface area contributed by atoms with Gasteiger partial charge in [-0.05, 0) is 23.7 Å². The third-order valence-corrected chi connectivity index (χ3v) is 4.42. The summed E-state index contributed by atoms with van der Waals surface area (Å²) in [5, 5.41) is 4.24. The van der Waals surface area contributed by atoms with E-state index in [0.29, 0.717) is 17.1 Å². The van der Waals surface area contributed by atoms with Crippen LogP contribution in [0.3, 0.4) is 0 Å². The summed E-state index contributed by atoms with van der Waals surface area (Å²) in [6.45, 7) is 0. The fraction of sp³-hybridized carbons (Fsp3) is 0.167. The zero-order chi connectivity index (χ0) is 18.1. The van der Waals surface area contributed by atoms with E-state index in [2.05, 4.69) is 5.32 Å². The number of thiocarbonyl (C=S) groups is 1.